The van der Waals surface area contributed by atoms with Gasteiger partial charge in [0.2, 0.25) is 0 Å². The minimum Gasteiger partial charge on any atom is -0.412 e. The Kier molecular flexibility index (Phi) is 4.41. The molecule has 5 N–H and O–H groups in total. The molecule has 4 aliphatic carbocycles. The Morgan fingerprint density at radius 3 is 2.44 bits per heavy atom. The van der Waals surface area contributed by atoms with Crippen molar-refractivity contribution in [2.45, 2.75) is 76.6 Å². The molecule has 4 heteroatoms. The van der Waals surface area contributed by atoms with Gasteiger partial charge in [-0.05, 0) is 68.1 Å². The van der Waals surface area contributed by atoms with E-state index in [1.165, 1.54) is 5.57 Å². The van der Waals surface area contributed by atoms with E-state index in [1.54, 1.807) is 0 Å². The Morgan fingerprint density at radius 2 is 1.76 bits per heavy atom. The second kappa shape index (κ2) is 5.82. The van der Waals surface area contributed by atoms with Gasteiger partial charge in [0.25, 0.3) is 0 Å². The summed E-state index contributed by atoms with van der Waals surface area (Å²) in [5, 5.41) is 32.0. The van der Waals surface area contributed by atoms with Gasteiger partial charge < -0.3 is 20.8 Å². The Labute approximate surface area is 150 Å². The molecule has 4 rings (SSSR count). The summed E-state index contributed by atoms with van der Waals surface area (Å²) in [6, 6.07) is 0. The van der Waals surface area contributed by atoms with Gasteiger partial charge in [-0.2, -0.15) is 0 Å². The van der Waals surface area contributed by atoms with Crippen molar-refractivity contribution < 1.29 is 20.8 Å². The number of rotatable bonds is 0. The van der Waals surface area contributed by atoms with Gasteiger partial charge in [0.15, 0.2) is 0 Å². The summed E-state index contributed by atoms with van der Waals surface area (Å²) in [6.07, 6.45) is 13.0. The first-order valence-corrected chi connectivity index (χ1v) is 9.53. The molecule has 0 spiro atoms. The van der Waals surface area contributed by atoms with E-state index in [4.69, 9.17) is 6.42 Å². The molecule has 4 aliphatic rings. The molecule has 0 bridgehead atoms. The summed E-state index contributed by atoms with van der Waals surface area (Å²) in [7, 11) is 0. The summed E-state index contributed by atoms with van der Waals surface area (Å²) in [5.41, 5.74) is 0.0145. The van der Waals surface area contributed by atoms with Crippen molar-refractivity contribution in [1.29, 1.82) is 0 Å². The molecule has 3 unspecified atom stereocenters. The van der Waals surface area contributed by atoms with Gasteiger partial charge >= 0.3 is 0 Å². The van der Waals surface area contributed by atoms with Crippen LogP contribution in [0.2, 0.25) is 0 Å². The van der Waals surface area contributed by atoms with E-state index in [0.29, 0.717) is 18.8 Å². The van der Waals surface area contributed by atoms with Crippen LogP contribution in [0.1, 0.15) is 58.8 Å². The standard InChI is InChI=1S/C21H30O3.H2O/c1-4-21(24)10-7-16-18-15(6-9-20(16,21)3)19(2)8-5-14(22)11-13(19)12-17(18)23;/h1,12,14-18,22-24H,5-11H2,2-3H3;1H2/t14?,15-,16-,17?,18+,19-,20-,21?;/m1./s1. The molecule has 0 aromatic rings. The predicted octanol–water partition coefficient (Wildman–Crippen LogP) is 1.82. The first-order chi connectivity index (χ1) is 11.2. The van der Waals surface area contributed by atoms with Crippen LogP contribution in [0.15, 0.2) is 11.6 Å². The third-order valence-corrected chi connectivity index (χ3v) is 8.49. The Bertz CT molecular complexity index is 622. The van der Waals surface area contributed by atoms with E-state index in [1.807, 2.05) is 6.08 Å². The summed E-state index contributed by atoms with van der Waals surface area (Å²) >= 11 is 0. The average molecular weight is 348 g/mol. The first-order valence-electron chi connectivity index (χ1n) is 9.53. The molecule has 140 valence electrons. The number of aliphatic hydroxyl groups is 3. The van der Waals surface area contributed by atoms with Gasteiger partial charge in [-0.25, -0.2) is 0 Å². The summed E-state index contributed by atoms with van der Waals surface area (Å²) in [5.74, 6) is 3.56. The highest BCUT2D eigenvalue weighted by atomic mass is 16.3. The van der Waals surface area contributed by atoms with Crippen LogP contribution in [0.3, 0.4) is 0 Å². The van der Waals surface area contributed by atoms with Crippen LogP contribution in [-0.2, 0) is 0 Å². The zero-order valence-electron chi connectivity index (χ0n) is 15.3. The number of aliphatic hydroxyl groups excluding tert-OH is 2. The fourth-order valence-electron chi connectivity index (χ4n) is 6.88. The third kappa shape index (κ3) is 2.29. The van der Waals surface area contributed by atoms with Crippen LogP contribution in [0, 0.1) is 40.9 Å². The molecule has 3 saturated carbocycles. The fraction of sp³-hybridized carbons (Fsp3) is 0.810. The molecule has 0 radical (unpaired) electrons. The van der Waals surface area contributed by atoms with Crippen molar-refractivity contribution in [2.24, 2.45) is 28.6 Å². The molecule has 0 amide bonds. The van der Waals surface area contributed by atoms with Gasteiger partial charge in [-0.15, -0.1) is 6.42 Å². The lowest BCUT2D eigenvalue weighted by Gasteiger charge is -2.59. The third-order valence-electron chi connectivity index (χ3n) is 8.49. The zero-order valence-corrected chi connectivity index (χ0v) is 15.3. The quantitative estimate of drug-likeness (QED) is 0.460. The Hall–Kier alpha value is -0.860. The smallest absolute Gasteiger partial charge is 0.130 e. The van der Waals surface area contributed by atoms with Crippen molar-refractivity contribution in [3.05, 3.63) is 11.6 Å². The van der Waals surface area contributed by atoms with Gasteiger partial charge in [-0.3, -0.25) is 0 Å². The minimum absolute atomic E-state index is 0. The number of hydrogen-bond acceptors (Lipinski definition) is 3. The molecular weight excluding hydrogens is 316 g/mol. The highest BCUT2D eigenvalue weighted by Crippen LogP contribution is 2.66. The molecule has 0 heterocycles. The van der Waals surface area contributed by atoms with Gasteiger partial charge in [-0.1, -0.05) is 31.4 Å². The van der Waals surface area contributed by atoms with Crippen molar-refractivity contribution in [1.82, 2.24) is 0 Å². The maximum Gasteiger partial charge on any atom is 0.130 e. The van der Waals surface area contributed by atoms with Crippen LogP contribution in [-0.4, -0.2) is 38.6 Å². The monoisotopic (exact) mass is 348 g/mol. The van der Waals surface area contributed by atoms with Crippen LogP contribution in [0.25, 0.3) is 0 Å². The Balaban J connectivity index is 0.00000182. The van der Waals surface area contributed by atoms with E-state index in [0.717, 1.165) is 32.1 Å². The summed E-state index contributed by atoms with van der Waals surface area (Å²) in [6.45, 7) is 4.47. The minimum atomic E-state index is -1.03. The fourth-order valence-corrected chi connectivity index (χ4v) is 6.88. The molecule has 25 heavy (non-hydrogen) atoms. The van der Waals surface area contributed by atoms with Gasteiger partial charge in [0, 0.05) is 5.41 Å². The van der Waals surface area contributed by atoms with E-state index < -0.39 is 11.7 Å². The molecule has 3 fully saturated rings. The number of terminal acetylenes is 1. The second-order valence-electron chi connectivity index (χ2n) is 9.29. The summed E-state index contributed by atoms with van der Waals surface area (Å²) in [4.78, 5) is 0. The highest BCUT2D eigenvalue weighted by molar-refractivity contribution is 5.30. The molecule has 0 aliphatic heterocycles. The molecule has 0 saturated heterocycles. The highest BCUT2D eigenvalue weighted by Gasteiger charge is 2.64. The topological polar surface area (TPSA) is 92.2 Å². The van der Waals surface area contributed by atoms with Crippen LogP contribution >= 0.6 is 0 Å². The molecule has 0 aromatic carbocycles. The SMILES string of the molecule is C#CC1(O)CC[C@@H]2[C@H]3C(O)C=C4CC(O)CC[C@@]4(C)[C@@H]3CC[C@]21C.O. The second-order valence-corrected chi connectivity index (χ2v) is 9.29. The van der Waals surface area contributed by atoms with E-state index in [-0.39, 0.29) is 34.2 Å². The Morgan fingerprint density at radius 1 is 1.08 bits per heavy atom. The van der Waals surface area contributed by atoms with Gasteiger partial charge in [0.05, 0.1) is 12.2 Å². The van der Waals surface area contributed by atoms with Gasteiger partial charge in [0.1, 0.15) is 5.60 Å². The first kappa shape index (κ1) is 18.9. The normalized spacial score (nSPS) is 54.2. The zero-order chi connectivity index (χ0) is 17.3. The van der Waals surface area contributed by atoms with Crippen LogP contribution in [0.4, 0.5) is 0 Å². The van der Waals surface area contributed by atoms with Crippen LogP contribution in [0.5, 0.6) is 0 Å². The lowest BCUT2D eigenvalue weighted by Crippen LogP contribution is -2.57. The van der Waals surface area contributed by atoms with E-state index in [9.17, 15) is 15.3 Å². The van der Waals surface area contributed by atoms with E-state index >= 15 is 0 Å². The lowest BCUT2D eigenvalue weighted by atomic mass is 9.46. The summed E-state index contributed by atoms with van der Waals surface area (Å²) < 4.78 is 0. The van der Waals surface area contributed by atoms with Crippen molar-refractivity contribution in [2.75, 3.05) is 0 Å². The van der Waals surface area contributed by atoms with Crippen molar-refractivity contribution >= 4 is 0 Å². The van der Waals surface area contributed by atoms with Crippen molar-refractivity contribution in [3.63, 3.8) is 0 Å². The van der Waals surface area contributed by atoms with E-state index in [2.05, 4.69) is 19.8 Å². The lowest BCUT2D eigenvalue weighted by molar-refractivity contribution is -0.123. The molecule has 8 atom stereocenters. The average Bonchev–Trinajstić information content (AvgIpc) is 2.82. The molecule has 0 aromatic heterocycles. The maximum atomic E-state index is 11.0. The molecule has 4 nitrogen and oxygen atoms in total. The largest absolute Gasteiger partial charge is 0.412 e. The maximum absolute atomic E-state index is 11.0. The number of hydrogen-bond donors (Lipinski definition) is 3. The number of fused-ring (bicyclic) bond motifs is 5. The predicted molar refractivity (Wildman–Crippen MR) is 96.5 cm³/mol. The van der Waals surface area contributed by atoms with Crippen molar-refractivity contribution in [3.8, 4) is 12.3 Å². The molecular formula is C21H32O4. The van der Waals surface area contributed by atoms with Crippen LogP contribution < -0.4 is 0 Å².